The quantitative estimate of drug-likeness (QED) is 0.205. The van der Waals surface area contributed by atoms with Crippen LogP contribution in [-0.2, 0) is 13.8 Å². The minimum absolute atomic E-state index is 2.00. The molecule has 0 radical (unpaired) electrons. The van der Waals surface area contributed by atoms with Gasteiger partial charge in [0.2, 0.25) is 0 Å². The summed E-state index contributed by atoms with van der Waals surface area (Å²) in [6.07, 6.45) is 0. The van der Waals surface area contributed by atoms with E-state index in [1.165, 1.54) is 0 Å². The van der Waals surface area contributed by atoms with Crippen LogP contribution in [0.25, 0.3) is 0 Å². The van der Waals surface area contributed by atoms with Crippen LogP contribution in [0.1, 0.15) is 13.8 Å². The third kappa shape index (κ3) is 125. The Morgan fingerprint density at radius 2 is 1.00 bits per heavy atom. The van der Waals surface area contributed by atoms with Crippen LogP contribution < -0.4 is 0 Å². The van der Waals surface area contributed by atoms with Gasteiger partial charge in [0, 0.05) is 0 Å². The van der Waals surface area contributed by atoms with Crippen LogP contribution in [0.4, 0.5) is 0 Å². The van der Waals surface area contributed by atoms with Crippen molar-refractivity contribution >= 4 is 15.6 Å². The third-order valence-corrected chi connectivity index (χ3v) is 0.319. The minimum Gasteiger partial charge on any atom is -0.303 e. The molecule has 0 aliphatic heterocycles. The van der Waals surface area contributed by atoms with Crippen molar-refractivity contribution in [1.29, 1.82) is 0 Å². The second kappa shape index (κ2) is 8.76. The smallest absolute Gasteiger partial charge is 0.303 e. The van der Waals surface area contributed by atoms with E-state index in [1.54, 1.807) is 0 Å². The zero-order valence-corrected chi connectivity index (χ0v) is 8.59. The van der Waals surface area contributed by atoms with Gasteiger partial charge in [-0.15, -0.1) is 4.67 Å². The molecule has 13 heavy (non-hydrogen) atoms. The summed E-state index contributed by atoms with van der Waals surface area (Å²) >= 11 is 0. The molecule has 0 saturated heterocycles. The number of hydrogen-bond donors (Lipinski definition) is 6. The van der Waals surface area contributed by atoms with Crippen LogP contribution >= 0.6 is 15.6 Å². The minimum atomic E-state index is -4.64. The Hall–Kier alpha value is 0.180. The average molecular weight is 242 g/mol. The van der Waals surface area contributed by atoms with E-state index in [9.17, 15) is 4.57 Å². The number of rotatable bonds is 1. The normalized spacial score (nSPS) is 10.5. The Morgan fingerprint density at radius 3 is 1.00 bits per heavy atom. The van der Waals surface area contributed by atoms with Crippen LogP contribution in [-0.4, -0.2) is 29.7 Å². The number of phosphoric acid groups is 2. The predicted molar refractivity (Wildman–Crippen MR) is 41.4 cm³/mol. The Bertz CT molecular complexity index is 168. The molecule has 0 unspecified atom stereocenters. The molecule has 9 nitrogen and oxygen atoms in total. The summed E-state index contributed by atoms with van der Waals surface area (Å²) in [5.74, 6) is 0. The van der Waals surface area contributed by atoms with Crippen LogP contribution in [0.15, 0.2) is 0 Å². The lowest BCUT2D eigenvalue weighted by atomic mass is 11.0. The zero-order valence-electron chi connectivity index (χ0n) is 6.80. The van der Waals surface area contributed by atoms with Crippen LogP contribution in [0.5, 0.6) is 0 Å². The Balaban J connectivity index is -0.000000131. The second-order valence-corrected chi connectivity index (χ2v) is 3.26. The first kappa shape index (κ1) is 18.9. The monoisotopic (exact) mass is 242 g/mol. The Morgan fingerprint density at radius 1 is 0.923 bits per heavy atom. The van der Waals surface area contributed by atoms with E-state index in [-0.39, 0.29) is 0 Å². The summed E-state index contributed by atoms with van der Waals surface area (Å²) in [4.78, 5) is 36.5. The maximum atomic E-state index is 9.22. The standard InChI is InChI=1S/C2H6.H3O5P.H3O4P/c1-2;1-5-6(2,3)4;1-5(2,3)4/h1-2H3;1H,(H2,2,3,4);(H3,1,2,3,4). The molecule has 0 rings (SSSR count). The third-order valence-electron chi connectivity index (χ3n) is 0.106. The van der Waals surface area contributed by atoms with E-state index < -0.39 is 15.6 Å². The van der Waals surface area contributed by atoms with Crippen molar-refractivity contribution in [3.05, 3.63) is 0 Å². The fourth-order valence-corrected chi connectivity index (χ4v) is 0. The van der Waals surface area contributed by atoms with Crippen molar-refractivity contribution in [3.63, 3.8) is 0 Å². The lowest BCUT2D eigenvalue weighted by Gasteiger charge is -1.90. The highest BCUT2D eigenvalue weighted by atomic mass is 31.2. The van der Waals surface area contributed by atoms with E-state index in [1.807, 2.05) is 13.8 Å². The van der Waals surface area contributed by atoms with Gasteiger partial charge < -0.3 is 24.5 Å². The summed E-state index contributed by atoms with van der Waals surface area (Å²) in [6.45, 7) is 4.00. The highest BCUT2D eigenvalue weighted by Crippen LogP contribution is 2.33. The molecule has 0 amide bonds. The van der Waals surface area contributed by atoms with E-state index in [0.29, 0.717) is 0 Å². The fraction of sp³-hybridized carbons (Fsp3) is 1.00. The molecule has 0 bridgehead atoms. The van der Waals surface area contributed by atoms with E-state index in [4.69, 9.17) is 34.3 Å². The van der Waals surface area contributed by atoms with Gasteiger partial charge >= 0.3 is 15.6 Å². The summed E-state index contributed by atoms with van der Waals surface area (Å²) in [7, 11) is -9.23. The van der Waals surface area contributed by atoms with E-state index in [0.717, 1.165) is 0 Å². The summed E-state index contributed by atoms with van der Waals surface area (Å²) in [6, 6.07) is 0. The fourth-order valence-electron chi connectivity index (χ4n) is 0. The highest BCUT2D eigenvalue weighted by molar-refractivity contribution is 7.46. The molecule has 0 atom stereocenters. The first-order chi connectivity index (χ1) is 5.56. The van der Waals surface area contributed by atoms with Gasteiger partial charge in [-0.1, -0.05) is 13.8 Å². The molecule has 0 fully saturated rings. The van der Waals surface area contributed by atoms with Gasteiger partial charge in [-0.25, -0.2) is 14.4 Å². The molecule has 0 aliphatic carbocycles. The van der Waals surface area contributed by atoms with E-state index >= 15 is 0 Å². The Labute approximate surface area is 74.0 Å². The van der Waals surface area contributed by atoms with Gasteiger partial charge in [0.15, 0.2) is 0 Å². The van der Waals surface area contributed by atoms with Gasteiger partial charge in [-0.05, 0) is 0 Å². The number of hydrogen-bond acceptors (Lipinski definition) is 4. The predicted octanol–water partition coefficient (Wildman–Crippen LogP) is -0.334. The lowest BCUT2D eigenvalue weighted by molar-refractivity contribution is -0.158. The molecule has 0 aromatic heterocycles. The lowest BCUT2D eigenvalue weighted by Crippen LogP contribution is -1.77. The molecule has 0 spiro atoms. The largest absolute Gasteiger partial charge is 0.496 e. The molecule has 0 aromatic rings. The molecule has 11 heteroatoms. The summed E-state index contributed by atoms with van der Waals surface area (Å²) in [5, 5.41) is 7.14. The maximum absolute atomic E-state index is 9.22. The molecule has 0 aliphatic rings. The second-order valence-electron chi connectivity index (χ2n) is 1.09. The zero-order chi connectivity index (χ0) is 11.7. The SMILES string of the molecule is CC.O=P(O)(O)O.O=P(O)(O)OO. The van der Waals surface area contributed by atoms with Crippen LogP contribution in [0, 0.1) is 0 Å². The maximum Gasteiger partial charge on any atom is 0.496 e. The van der Waals surface area contributed by atoms with Gasteiger partial charge in [-0.3, -0.25) is 0 Å². The summed E-state index contributed by atoms with van der Waals surface area (Å²) < 4.78 is 20.7. The van der Waals surface area contributed by atoms with Gasteiger partial charge in [-0.2, -0.15) is 0 Å². The van der Waals surface area contributed by atoms with Crippen molar-refractivity contribution in [1.82, 2.24) is 0 Å². The van der Waals surface area contributed by atoms with Gasteiger partial charge in [0.25, 0.3) is 0 Å². The average Bonchev–Trinajstić information content (AvgIpc) is 1.87. The first-order valence-electron chi connectivity index (χ1n) is 2.73. The van der Waals surface area contributed by atoms with Crippen molar-refractivity contribution in [2.24, 2.45) is 0 Å². The van der Waals surface area contributed by atoms with Crippen molar-refractivity contribution in [2.45, 2.75) is 13.8 Å². The van der Waals surface area contributed by atoms with E-state index in [2.05, 4.69) is 4.67 Å². The van der Waals surface area contributed by atoms with Crippen molar-refractivity contribution in [2.75, 3.05) is 0 Å². The Kier molecular flexibility index (Phi) is 12.7. The first-order valence-corrected chi connectivity index (χ1v) is 5.83. The molecular formula is C2H12O9P2. The molecule has 0 heterocycles. The molecule has 84 valence electrons. The summed E-state index contributed by atoms with van der Waals surface area (Å²) in [5.41, 5.74) is 0. The molecule has 0 saturated carbocycles. The van der Waals surface area contributed by atoms with Crippen molar-refractivity contribution < 1.29 is 43.5 Å². The van der Waals surface area contributed by atoms with Gasteiger partial charge in [0.05, 0.1) is 0 Å². The molecule has 6 N–H and O–H groups in total. The van der Waals surface area contributed by atoms with Crippen molar-refractivity contribution in [3.8, 4) is 0 Å². The van der Waals surface area contributed by atoms with Gasteiger partial charge in [0.1, 0.15) is 0 Å². The van der Waals surface area contributed by atoms with Crippen LogP contribution in [0.3, 0.4) is 0 Å². The topological polar surface area (TPSA) is 165 Å². The molecular weight excluding hydrogens is 230 g/mol. The highest BCUT2D eigenvalue weighted by Gasteiger charge is 2.10. The molecule has 0 aromatic carbocycles. The van der Waals surface area contributed by atoms with Crippen LogP contribution in [0.2, 0.25) is 0 Å².